The first kappa shape index (κ1) is 16.8. The first-order valence-electron chi connectivity index (χ1n) is 8.61. The van der Waals surface area contributed by atoms with Crippen molar-refractivity contribution in [3.05, 3.63) is 89.7 Å². The highest BCUT2D eigenvalue weighted by Gasteiger charge is 2.19. The van der Waals surface area contributed by atoms with E-state index in [-0.39, 0.29) is 5.91 Å². The Hall–Kier alpha value is -3.67. The summed E-state index contributed by atoms with van der Waals surface area (Å²) < 4.78 is 6.67. The maximum Gasteiger partial charge on any atom is 0.281 e. The van der Waals surface area contributed by atoms with Gasteiger partial charge in [-0.05, 0) is 36.8 Å². The zero-order valence-electron chi connectivity index (χ0n) is 14.8. The van der Waals surface area contributed by atoms with Crippen molar-refractivity contribution in [1.82, 2.24) is 14.8 Å². The Labute approximate surface area is 156 Å². The minimum atomic E-state index is -0.250. The Bertz CT molecular complexity index is 1050. The molecule has 2 aromatic carbocycles. The molecule has 1 N–H and O–H groups in total. The van der Waals surface area contributed by atoms with Gasteiger partial charge < -0.3 is 9.73 Å². The van der Waals surface area contributed by atoms with Crippen molar-refractivity contribution in [2.24, 2.45) is 0 Å². The molecule has 0 aliphatic heterocycles. The molecule has 0 saturated heterocycles. The lowest BCUT2D eigenvalue weighted by Crippen LogP contribution is -2.17. The fourth-order valence-corrected chi connectivity index (χ4v) is 2.76. The number of aromatic nitrogens is 3. The summed E-state index contributed by atoms with van der Waals surface area (Å²) in [5.41, 5.74) is 2.63. The molecule has 0 saturated carbocycles. The molecule has 0 bridgehead atoms. The quantitative estimate of drug-likeness (QED) is 0.580. The monoisotopic (exact) mass is 358 g/mol. The Morgan fingerprint density at radius 1 is 1.07 bits per heavy atom. The fourth-order valence-electron chi connectivity index (χ4n) is 2.76. The smallest absolute Gasteiger partial charge is 0.281 e. The van der Waals surface area contributed by atoms with Crippen LogP contribution in [0, 0.1) is 6.92 Å². The maximum absolute atomic E-state index is 13.0. The molecule has 0 radical (unpaired) electrons. The Kier molecular flexibility index (Phi) is 4.53. The molecular formula is C21H18N4O2. The van der Waals surface area contributed by atoms with E-state index in [0.29, 0.717) is 29.6 Å². The van der Waals surface area contributed by atoms with E-state index in [9.17, 15) is 4.79 Å². The number of benzene rings is 2. The van der Waals surface area contributed by atoms with Gasteiger partial charge in [0.15, 0.2) is 5.76 Å². The summed E-state index contributed by atoms with van der Waals surface area (Å²) in [6.07, 6.45) is 1.55. The second kappa shape index (κ2) is 7.29. The molecule has 0 unspecified atom stereocenters. The Balaban J connectivity index is 1.69. The summed E-state index contributed by atoms with van der Waals surface area (Å²) in [5.74, 6) is 0.987. The number of hydrogen-bond acceptors (Lipinski definition) is 5. The van der Waals surface area contributed by atoms with Crippen molar-refractivity contribution < 1.29 is 9.21 Å². The number of anilines is 1. The molecule has 0 aliphatic carbocycles. The predicted octanol–water partition coefficient (Wildman–Crippen LogP) is 4.15. The van der Waals surface area contributed by atoms with Crippen molar-refractivity contribution in [2.75, 3.05) is 5.32 Å². The summed E-state index contributed by atoms with van der Waals surface area (Å²) in [4.78, 5) is 17.5. The predicted molar refractivity (Wildman–Crippen MR) is 102 cm³/mol. The minimum Gasteiger partial charge on any atom is -0.461 e. The van der Waals surface area contributed by atoms with Gasteiger partial charge in [-0.3, -0.25) is 4.79 Å². The lowest BCUT2D eigenvalue weighted by molar-refractivity contribution is 0.0947. The summed E-state index contributed by atoms with van der Waals surface area (Å²) in [6.45, 7) is 2.47. The molecule has 0 atom stereocenters. The molecule has 4 aromatic rings. The number of aryl methyl sites for hydroxylation is 1. The van der Waals surface area contributed by atoms with Crippen LogP contribution in [0.4, 0.5) is 5.95 Å². The van der Waals surface area contributed by atoms with Crippen LogP contribution in [0.15, 0.2) is 77.4 Å². The van der Waals surface area contributed by atoms with Gasteiger partial charge in [0.2, 0.25) is 11.8 Å². The third kappa shape index (κ3) is 3.64. The highest BCUT2D eigenvalue weighted by atomic mass is 16.3. The number of furan rings is 1. The number of nitrogens with one attached hydrogen (secondary N) is 1. The lowest BCUT2D eigenvalue weighted by atomic mass is 10.1. The molecular weight excluding hydrogens is 340 g/mol. The summed E-state index contributed by atoms with van der Waals surface area (Å²) in [5, 5.41) is 7.57. The molecule has 6 nitrogen and oxygen atoms in total. The number of nitrogens with zero attached hydrogens (tertiary/aromatic N) is 3. The number of hydrogen-bond donors (Lipinski definition) is 1. The third-order valence-corrected chi connectivity index (χ3v) is 4.10. The maximum atomic E-state index is 13.0. The van der Waals surface area contributed by atoms with Crippen LogP contribution in [0.3, 0.4) is 0 Å². The van der Waals surface area contributed by atoms with E-state index in [0.717, 1.165) is 11.1 Å². The van der Waals surface area contributed by atoms with Crippen LogP contribution in [0.1, 0.15) is 21.5 Å². The summed E-state index contributed by atoms with van der Waals surface area (Å²) >= 11 is 0. The van der Waals surface area contributed by atoms with Crippen molar-refractivity contribution in [3.8, 4) is 11.6 Å². The highest BCUT2D eigenvalue weighted by Crippen LogP contribution is 2.20. The van der Waals surface area contributed by atoms with Gasteiger partial charge in [0, 0.05) is 12.1 Å². The van der Waals surface area contributed by atoms with Crippen LogP contribution in [0.25, 0.3) is 11.6 Å². The molecule has 134 valence electrons. The zero-order chi connectivity index (χ0) is 18.6. The first-order valence-corrected chi connectivity index (χ1v) is 8.61. The highest BCUT2D eigenvalue weighted by molar-refractivity contribution is 5.97. The second-order valence-electron chi connectivity index (χ2n) is 6.16. The average molecular weight is 358 g/mol. The van der Waals surface area contributed by atoms with E-state index in [1.807, 2.05) is 55.5 Å². The van der Waals surface area contributed by atoms with Crippen LogP contribution in [-0.2, 0) is 6.54 Å². The van der Waals surface area contributed by atoms with Crippen LogP contribution >= 0.6 is 0 Å². The summed E-state index contributed by atoms with van der Waals surface area (Å²) in [6, 6.07) is 20.8. The molecule has 0 fully saturated rings. The molecule has 0 aliphatic rings. The Morgan fingerprint density at radius 2 is 1.93 bits per heavy atom. The lowest BCUT2D eigenvalue weighted by Gasteiger charge is -2.07. The third-order valence-electron chi connectivity index (χ3n) is 4.10. The van der Waals surface area contributed by atoms with Gasteiger partial charge in [0.25, 0.3) is 5.91 Å². The molecule has 6 heteroatoms. The molecule has 2 heterocycles. The first-order chi connectivity index (χ1) is 13.2. The SMILES string of the molecule is Cc1cccc(C(=O)n2nc(-c3ccco3)nc2NCc2ccccc2)c1. The number of rotatable bonds is 5. The minimum absolute atomic E-state index is 0.250. The second-order valence-corrected chi connectivity index (χ2v) is 6.16. The molecule has 27 heavy (non-hydrogen) atoms. The van der Waals surface area contributed by atoms with Gasteiger partial charge in [-0.25, -0.2) is 0 Å². The van der Waals surface area contributed by atoms with Crippen molar-refractivity contribution in [3.63, 3.8) is 0 Å². The fraction of sp³-hybridized carbons (Fsp3) is 0.0952. The molecule has 4 rings (SSSR count). The zero-order valence-corrected chi connectivity index (χ0v) is 14.8. The van der Waals surface area contributed by atoms with Gasteiger partial charge in [0.05, 0.1) is 6.26 Å². The largest absolute Gasteiger partial charge is 0.461 e. The van der Waals surface area contributed by atoms with Crippen LogP contribution < -0.4 is 5.32 Å². The summed E-state index contributed by atoms with van der Waals surface area (Å²) in [7, 11) is 0. The van der Waals surface area contributed by atoms with E-state index >= 15 is 0 Å². The van der Waals surface area contributed by atoms with Gasteiger partial charge >= 0.3 is 0 Å². The number of carbonyl (C=O) groups is 1. The molecule has 0 spiro atoms. The Morgan fingerprint density at radius 3 is 2.67 bits per heavy atom. The van der Waals surface area contributed by atoms with E-state index in [1.165, 1.54) is 4.68 Å². The van der Waals surface area contributed by atoms with Gasteiger partial charge in [0.1, 0.15) is 0 Å². The van der Waals surface area contributed by atoms with E-state index < -0.39 is 0 Å². The van der Waals surface area contributed by atoms with Gasteiger partial charge in [-0.15, -0.1) is 5.10 Å². The van der Waals surface area contributed by atoms with Crippen LogP contribution in [0.2, 0.25) is 0 Å². The molecule has 2 aromatic heterocycles. The normalized spacial score (nSPS) is 10.7. The van der Waals surface area contributed by atoms with Crippen molar-refractivity contribution in [2.45, 2.75) is 13.5 Å². The topological polar surface area (TPSA) is 73.0 Å². The van der Waals surface area contributed by atoms with Gasteiger partial charge in [-0.2, -0.15) is 9.67 Å². The van der Waals surface area contributed by atoms with E-state index in [2.05, 4.69) is 15.4 Å². The standard InChI is InChI=1S/C21H18N4O2/c1-15-7-5-10-17(13-15)20(26)25-21(22-14-16-8-3-2-4-9-16)23-19(24-25)18-11-6-12-27-18/h2-13H,14H2,1H3,(H,22,23,24). The van der Waals surface area contributed by atoms with E-state index in [4.69, 9.17) is 4.42 Å². The average Bonchev–Trinajstić information content (AvgIpc) is 3.36. The van der Waals surface area contributed by atoms with Crippen molar-refractivity contribution >= 4 is 11.9 Å². The van der Waals surface area contributed by atoms with Crippen LogP contribution in [0.5, 0.6) is 0 Å². The van der Waals surface area contributed by atoms with Crippen molar-refractivity contribution in [1.29, 1.82) is 0 Å². The van der Waals surface area contributed by atoms with Gasteiger partial charge in [-0.1, -0.05) is 48.0 Å². The molecule has 0 amide bonds. The van der Waals surface area contributed by atoms with E-state index in [1.54, 1.807) is 24.5 Å². The van der Waals surface area contributed by atoms with Crippen LogP contribution in [-0.4, -0.2) is 20.7 Å². The number of carbonyl (C=O) groups excluding carboxylic acids is 1.